The van der Waals surface area contributed by atoms with Gasteiger partial charge in [0.05, 0.1) is 11.1 Å². The van der Waals surface area contributed by atoms with Crippen LogP contribution in [0.1, 0.15) is 33.1 Å². The minimum Gasteiger partial charge on any atom is -0.337 e. The Morgan fingerprint density at radius 2 is 1.93 bits per heavy atom. The number of carbonyl (C=O) groups is 1. The van der Waals surface area contributed by atoms with Crippen LogP contribution in [0.15, 0.2) is 47.2 Å². The second kappa shape index (κ2) is 8.00. The number of likely N-dealkylation sites (tertiary alicyclic amines) is 1. The maximum atomic E-state index is 12.9. The van der Waals surface area contributed by atoms with Crippen LogP contribution >= 0.6 is 23.1 Å². The molecule has 0 aliphatic carbocycles. The summed E-state index contributed by atoms with van der Waals surface area (Å²) < 4.78 is 1.91. The third-order valence-corrected chi connectivity index (χ3v) is 7.66. The van der Waals surface area contributed by atoms with Gasteiger partial charge >= 0.3 is 0 Å². The molecule has 0 bridgehead atoms. The summed E-state index contributed by atoms with van der Waals surface area (Å²) >= 11 is 3.05. The van der Waals surface area contributed by atoms with E-state index in [1.54, 1.807) is 17.7 Å². The molecule has 5 rings (SSSR count). The molecule has 3 aromatic heterocycles. The highest BCUT2D eigenvalue weighted by Gasteiger charge is 2.29. The Morgan fingerprint density at radius 1 is 1.17 bits per heavy atom. The van der Waals surface area contributed by atoms with Gasteiger partial charge in [0.2, 0.25) is 5.91 Å². The Morgan fingerprint density at radius 3 is 2.70 bits per heavy atom. The number of amides is 1. The maximum Gasteiger partial charge on any atom is 0.233 e. The van der Waals surface area contributed by atoms with E-state index in [0.717, 1.165) is 39.8 Å². The number of rotatable bonds is 4. The fraction of sp³-hybridized carbons (Fsp3) is 0.364. The molecule has 1 aliphatic heterocycles. The van der Waals surface area contributed by atoms with Crippen LogP contribution in [0.4, 0.5) is 0 Å². The summed E-state index contributed by atoms with van der Waals surface area (Å²) in [7, 11) is 0. The molecule has 4 heterocycles. The molecule has 8 heteroatoms. The molecule has 2 atom stereocenters. The van der Waals surface area contributed by atoms with E-state index in [-0.39, 0.29) is 5.91 Å². The zero-order chi connectivity index (χ0) is 20.7. The molecule has 1 saturated heterocycles. The number of hydrogen-bond donors (Lipinski definition) is 0. The summed E-state index contributed by atoms with van der Waals surface area (Å²) in [5.41, 5.74) is 3.04. The van der Waals surface area contributed by atoms with Crippen LogP contribution in [-0.4, -0.2) is 48.2 Å². The van der Waals surface area contributed by atoms with Crippen LogP contribution in [0.2, 0.25) is 0 Å². The molecule has 2 unspecified atom stereocenters. The smallest absolute Gasteiger partial charge is 0.233 e. The van der Waals surface area contributed by atoms with Crippen molar-refractivity contribution in [1.29, 1.82) is 0 Å². The van der Waals surface area contributed by atoms with E-state index >= 15 is 0 Å². The highest BCUT2D eigenvalue weighted by atomic mass is 32.2. The van der Waals surface area contributed by atoms with Gasteiger partial charge < -0.3 is 4.90 Å². The van der Waals surface area contributed by atoms with Gasteiger partial charge in [0.1, 0.15) is 11.2 Å². The third-order valence-electron chi connectivity index (χ3n) is 5.84. The number of thioether (sulfide) groups is 1. The minimum atomic E-state index is 0.172. The normalized spacial score (nSPS) is 19.6. The molecule has 0 N–H and O–H groups in total. The van der Waals surface area contributed by atoms with Crippen molar-refractivity contribution in [1.82, 2.24) is 24.5 Å². The average molecular weight is 438 g/mol. The fourth-order valence-electron chi connectivity index (χ4n) is 4.36. The molecule has 6 nitrogen and oxygen atoms in total. The number of piperidine rings is 1. The van der Waals surface area contributed by atoms with Gasteiger partial charge in [0.15, 0.2) is 10.8 Å². The monoisotopic (exact) mass is 437 g/mol. The Hall–Kier alpha value is -2.45. The van der Waals surface area contributed by atoms with Gasteiger partial charge in [-0.25, -0.2) is 4.98 Å². The van der Waals surface area contributed by atoms with E-state index in [9.17, 15) is 4.79 Å². The van der Waals surface area contributed by atoms with Crippen LogP contribution < -0.4 is 0 Å². The first kappa shape index (κ1) is 19.5. The van der Waals surface area contributed by atoms with Crippen molar-refractivity contribution < 1.29 is 4.79 Å². The van der Waals surface area contributed by atoms with Gasteiger partial charge in [-0.05, 0) is 38.7 Å². The molecule has 1 amide bonds. The van der Waals surface area contributed by atoms with E-state index in [0.29, 0.717) is 23.0 Å². The number of carbonyl (C=O) groups excluding carboxylic acids is 1. The molecule has 154 valence electrons. The lowest BCUT2D eigenvalue weighted by Gasteiger charge is -2.39. The Kier molecular flexibility index (Phi) is 5.20. The molecule has 0 radical (unpaired) electrons. The molecule has 1 aromatic carbocycles. The first-order chi connectivity index (χ1) is 14.6. The summed E-state index contributed by atoms with van der Waals surface area (Å²) in [6, 6.07) is 10.9. The van der Waals surface area contributed by atoms with Crippen molar-refractivity contribution in [2.24, 2.45) is 0 Å². The van der Waals surface area contributed by atoms with E-state index in [4.69, 9.17) is 0 Å². The van der Waals surface area contributed by atoms with Gasteiger partial charge in [0.25, 0.3) is 0 Å². The maximum absolute atomic E-state index is 12.9. The van der Waals surface area contributed by atoms with E-state index < -0.39 is 0 Å². The van der Waals surface area contributed by atoms with Crippen LogP contribution in [0.25, 0.3) is 27.0 Å². The van der Waals surface area contributed by atoms with E-state index in [1.165, 1.54) is 18.2 Å². The SMILES string of the molecule is CC1CCCC(C)N1C(=O)CSc1nnc2c3c(-c4ccccc4)csc3ncn12. The van der Waals surface area contributed by atoms with Crippen molar-refractivity contribution in [3.63, 3.8) is 0 Å². The summed E-state index contributed by atoms with van der Waals surface area (Å²) in [5.74, 6) is 0.536. The average Bonchev–Trinajstić information content (AvgIpc) is 3.36. The molecule has 0 saturated carbocycles. The predicted molar refractivity (Wildman–Crippen MR) is 122 cm³/mol. The number of thiophene rings is 1. The Balaban J connectivity index is 1.44. The largest absolute Gasteiger partial charge is 0.337 e. The fourth-order valence-corrected chi connectivity index (χ4v) is 6.05. The highest BCUT2D eigenvalue weighted by molar-refractivity contribution is 7.99. The predicted octanol–water partition coefficient (Wildman–Crippen LogP) is 4.89. The first-order valence-corrected chi connectivity index (χ1v) is 12.1. The number of fused-ring (bicyclic) bond motifs is 3. The highest BCUT2D eigenvalue weighted by Crippen LogP contribution is 2.35. The Labute approximate surface area is 183 Å². The first-order valence-electron chi connectivity index (χ1n) is 10.2. The molecule has 1 aliphatic rings. The quantitative estimate of drug-likeness (QED) is 0.426. The third kappa shape index (κ3) is 3.37. The van der Waals surface area contributed by atoms with Crippen molar-refractivity contribution >= 4 is 44.9 Å². The topological polar surface area (TPSA) is 63.4 Å². The second-order valence-corrected chi connectivity index (χ2v) is 9.64. The minimum absolute atomic E-state index is 0.172. The van der Waals surface area contributed by atoms with E-state index in [1.807, 2.05) is 27.5 Å². The zero-order valence-corrected chi connectivity index (χ0v) is 18.6. The van der Waals surface area contributed by atoms with Gasteiger partial charge in [-0.1, -0.05) is 42.1 Å². The van der Waals surface area contributed by atoms with Crippen LogP contribution in [0.3, 0.4) is 0 Å². The summed E-state index contributed by atoms with van der Waals surface area (Å²) in [6.45, 7) is 4.29. The molecule has 4 aromatic rings. The lowest BCUT2D eigenvalue weighted by molar-refractivity contribution is -0.134. The van der Waals surface area contributed by atoms with Gasteiger partial charge in [0, 0.05) is 23.0 Å². The Bertz CT molecular complexity index is 1190. The van der Waals surface area contributed by atoms with Gasteiger partial charge in [-0.3, -0.25) is 9.20 Å². The summed E-state index contributed by atoms with van der Waals surface area (Å²) in [5, 5.41) is 12.7. The number of nitrogens with zero attached hydrogens (tertiary/aromatic N) is 5. The number of hydrogen-bond acceptors (Lipinski definition) is 6. The summed E-state index contributed by atoms with van der Waals surface area (Å²) in [6.07, 6.45) is 5.12. The van der Waals surface area contributed by atoms with Crippen molar-refractivity contribution in [3.05, 3.63) is 42.0 Å². The molecular formula is C22H23N5OS2. The van der Waals surface area contributed by atoms with Crippen LogP contribution in [0.5, 0.6) is 0 Å². The molecular weight excluding hydrogens is 414 g/mol. The second-order valence-electron chi connectivity index (χ2n) is 7.83. The van der Waals surface area contributed by atoms with Crippen molar-refractivity contribution in [3.8, 4) is 11.1 Å². The van der Waals surface area contributed by atoms with Crippen molar-refractivity contribution in [2.45, 2.75) is 50.4 Å². The van der Waals surface area contributed by atoms with Gasteiger partial charge in [-0.2, -0.15) is 0 Å². The van der Waals surface area contributed by atoms with Gasteiger partial charge in [-0.15, -0.1) is 21.5 Å². The number of aromatic nitrogens is 4. The van der Waals surface area contributed by atoms with Crippen LogP contribution in [-0.2, 0) is 4.79 Å². The summed E-state index contributed by atoms with van der Waals surface area (Å²) in [4.78, 5) is 20.5. The number of benzene rings is 1. The lowest BCUT2D eigenvalue weighted by Crippen LogP contribution is -2.48. The zero-order valence-electron chi connectivity index (χ0n) is 17.0. The van der Waals surface area contributed by atoms with Crippen molar-refractivity contribution in [2.75, 3.05) is 5.75 Å². The molecule has 30 heavy (non-hydrogen) atoms. The van der Waals surface area contributed by atoms with Crippen LogP contribution in [0, 0.1) is 0 Å². The molecule has 0 spiro atoms. The standard InChI is InChI=1S/C22H23N5OS2/c1-14-7-6-8-15(2)27(14)18(28)12-30-22-25-24-20-19-17(16-9-4-3-5-10-16)11-29-21(19)23-13-26(20)22/h3-5,9-11,13-15H,6-8,12H2,1-2H3. The molecule has 1 fully saturated rings. The van der Waals surface area contributed by atoms with E-state index in [2.05, 4.69) is 46.5 Å². The lowest BCUT2D eigenvalue weighted by atomic mass is 9.98.